The lowest BCUT2D eigenvalue weighted by atomic mass is 11.6. The molecule has 0 radical (unpaired) electrons. The minimum absolute atomic E-state index is 0.498. The highest BCUT2D eigenvalue weighted by Crippen LogP contribution is 1.81. The Labute approximate surface area is 40.7 Å². The molecule has 0 unspecified atom stereocenters. The topological polar surface area (TPSA) is 27.7 Å². The summed E-state index contributed by atoms with van der Waals surface area (Å²) in [6.07, 6.45) is 0. The summed E-state index contributed by atoms with van der Waals surface area (Å²) in [6.45, 7) is 0.498. The summed E-state index contributed by atoms with van der Waals surface area (Å²) in [4.78, 5) is 0. The fraction of sp³-hybridized carbons (Fsp3) is 1.00. The number of rotatable bonds is 0. The van der Waals surface area contributed by atoms with Gasteiger partial charge in [-0.3, -0.25) is 0 Å². The summed E-state index contributed by atoms with van der Waals surface area (Å²) in [5, 5.41) is 0. The number of hydrogen-bond acceptors (Lipinski definition) is 3. The van der Waals surface area contributed by atoms with Crippen molar-refractivity contribution in [3.8, 4) is 0 Å². The summed E-state index contributed by atoms with van der Waals surface area (Å²) < 4.78 is 14.5. The van der Waals surface area contributed by atoms with Crippen LogP contribution in [0.5, 0.6) is 0 Å². The first kappa shape index (κ1) is 4.47. The molecule has 3 nitrogen and oxygen atoms in total. The van der Waals surface area contributed by atoms with Gasteiger partial charge in [-0.15, -0.1) is 0 Å². The van der Waals surface area contributed by atoms with Crippen LogP contribution >= 0.6 is 0 Å². The molecule has 5 heteroatoms. The lowest BCUT2D eigenvalue weighted by Crippen LogP contribution is -2.20. The fourth-order valence-electron chi connectivity index (χ4n) is 0.279. The molecule has 0 amide bonds. The lowest BCUT2D eigenvalue weighted by Gasteiger charge is -2.10. The van der Waals surface area contributed by atoms with Crippen molar-refractivity contribution in [1.29, 1.82) is 0 Å². The van der Waals surface area contributed by atoms with Crippen molar-refractivity contribution < 1.29 is 13.0 Å². The average Bonchev–Trinajstić information content (AvgIpc) is 1.72. The molecule has 0 saturated carbocycles. The second-order valence-electron chi connectivity index (χ2n) is 0.966. The highest BCUT2D eigenvalue weighted by atomic mass is 28.3. The maximum absolute atomic E-state index is 4.90. The second kappa shape index (κ2) is 2.48. The van der Waals surface area contributed by atoms with E-state index in [1.807, 2.05) is 0 Å². The first-order chi connectivity index (χ1) is 3.00. The summed E-state index contributed by atoms with van der Waals surface area (Å²) in [5.74, 6) is 0. The highest BCUT2D eigenvalue weighted by molar-refractivity contribution is 6.35. The third-order valence-corrected chi connectivity index (χ3v) is 2.50. The first-order valence-electron chi connectivity index (χ1n) is 1.73. The molecule has 0 spiro atoms. The van der Waals surface area contributed by atoms with Crippen LogP contribution in [0, 0.1) is 0 Å². The Balaban J connectivity index is 2.00. The molecule has 0 aromatic rings. The van der Waals surface area contributed by atoms with Gasteiger partial charge < -0.3 is 13.0 Å². The van der Waals surface area contributed by atoms with Crippen LogP contribution in [-0.2, 0) is 13.0 Å². The van der Waals surface area contributed by atoms with E-state index in [4.69, 9.17) is 13.0 Å². The Kier molecular flexibility index (Phi) is 1.85. The monoisotopic (exact) mass is 122 g/mol. The van der Waals surface area contributed by atoms with Crippen molar-refractivity contribution in [2.45, 2.75) is 0 Å². The molecular formula is CH6O3Si2. The van der Waals surface area contributed by atoms with E-state index < -0.39 is 20.0 Å². The van der Waals surface area contributed by atoms with Crippen LogP contribution in [0.15, 0.2) is 0 Å². The van der Waals surface area contributed by atoms with Gasteiger partial charge in [0, 0.05) is 0 Å². The molecule has 0 aromatic carbocycles. The zero-order chi connectivity index (χ0) is 4.24. The van der Waals surface area contributed by atoms with E-state index in [1.54, 1.807) is 0 Å². The Hall–Kier alpha value is 0.314. The minimum Gasteiger partial charge on any atom is -0.424 e. The third-order valence-electron chi connectivity index (χ3n) is 0.500. The molecule has 0 atom stereocenters. The molecule has 1 rings (SSSR count). The maximum Gasteiger partial charge on any atom is 0.297 e. The third kappa shape index (κ3) is 1.19. The quantitative estimate of drug-likeness (QED) is 0.348. The van der Waals surface area contributed by atoms with Gasteiger partial charge >= 0.3 is 0 Å². The van der Waals surface area contributed by atoms with E-state index in [1.165, 1.54) is 0 Å². The Morgan fingerprint density at radius 1 is 1.17 bits per heavy atom. The van der Waals surface area contributed by atoms with Crippen molar-refractivity contribution in [1.82, 2.24) is 0 Å². The first-order valence-corrected chi connectivity index (χ1v) is 4.04. The molecule has 1 saturated heterocycles. The van der Waals surface area contributed by atoms with E-state index >= 15 is 0 Å². The normalized spacial score (nSPS) is 32.0. The molecule has 1 heterocycles. The van der Waals surface area contributed by atoms with Crippen molar-refractivity contribution in [2.24, 2.45) is 0 Å². The van der Waals surface area contributed by atoms with Gasteiger partial charge in [-0.05, 0) is 0 Å². The van der Waals surface area contributed by atoms with Crippen molar-refractivity contribution in [2.75, 3.05) is 6.79 Å². The fourth-order valence-corrected chi connectivity index (χ4v) is 2.10. The number of hydrogen-bond donors (Lipinski definition) is 0. The molecule has 1 aliphatic rings. The van der Waals surface area contributed by atoms with E-state index in [2.05, 4.69) is 0 Å². The smallest absolute Gasteiger partial charge is 0.297 e. The van der Waals surface area contributed by atoms with Crippen molar-refractivity contribution in [3.05, 3.63) is 0 Å². The standard InChI is InChI=1S/CH6O3Si2/c1-2-5-4-6-3-1/h1,5-6H2. The van der Waals surface area contributed by atoms with Gasteiger partial charge in [-0.2, -0.15) is 0 Å². The van der Waals surface area contributed by atoms with Crippen molar-refractivity contribution >= 4 is 20.0 Å². The van der Waals surface area contributed by atoms with Crippen LogP contribution in [-0.4, -0.2) is 26.8 Å². The van der Waals surface area contributed by atoms with Crippen LogP contribution in [0.3, 0.4) is 0 Å². The van der Waals surface area contributed by atoms with Gasteiger partial charge in [0.1, 0.15) is 6.79 Å². The highest BCUT2D eigenvalue weighted by Gasteiger charge is 1.95. The Bertz CT molecular complexity index is 24.3. The van der Waals surface area contributed by atoms with E-state index in [0.717, 1.165) is 0 Å². The van der Waals surface area contributed by atoms with Gasteiger partial charge in [0.05, 0.1) is 0 Å². The summed E-state index contributed by atoms with van der Waals surface area (Å²) in [5.41, 5.74) is 0. The molecule has 1 fully saturated rings. The van der Waals surface area contributed by atoms with Crippen molar-refractivity contribution in [3.63, 3.8) is 0 Å². The summed E-state index contributed by atoms with van der Waals surface area (Å²) in [7, 11) is -1.11. The lowest BCUT2D eigenvalue weighted by molar-refractivity contribution is 0.0713. The second-order valence-corrected chi connectivity index (χ2v) is 3.89. The van der Waals surface area contributed by atoms with Gasteiger partial charge in [0.15, 0.2) is 0 Å². The molecular weight excluding hydrogens is 116 g/mol. The molecule has 36 valence electrons. The predicted octanol–water partition coefficient (Wildman–Crippen LogP) is -2.00. The van der Waals surface area contributed by atoms with Crippen LogP contribution < -0.4 is 0 Å². The average molecular weight is 122 g/mol. The molecule has 0 aromatic heterocycles. The van der Waals surface area contributed by atoms with Crippen LogP contribution in [0.2, 0.25) is 0 Å². The van der Waals surface area contributed by atoms with Crippen LogP contribution in [0.4, 0.5) is 0 Å². The summed E-state index contributed by atoms with van der Waals surface area (Å²) >= 11 is 0. The van der Waals surface area contributed by atoms with Gasteiger partial charge in [-0.1, -0.05) is 0 Å². The summed E-state index contributed by atoms with van der Waals surface area (Å²) in [6, 6.07) is 0. The minimum atomic E-state index is -0.555. The van der Waals surface area contributed by atoms with E-state index in [9.17, 15) is 0 Å². The zero-order valence-electron chi connectivity index (χ0n) is 3.35. The Morgan fingerprint density at radius 2 is 1.83 bits per heavy atom. The maximum atomic E-state index is 4.90. The molecule has 0 bridgehead atoms. The molecule has 0 N–H and O–H groups in total. The SMILES string of the molecule is C1O[SiH2]O[SiH2]O1. The van der Waals surface area contributed by atoms with Gasteiger partial charge in [-0.25, -0.2) is 0 Å². The van der Waals surface area contributed by atoms with Crippen LogP contribution in [0.1, 0.15) is 0 Å². The predicted molar refractivity (Wildman–Crippen MR) is 25.2 cm³/mol. The Morgan fingerprint density at radius 3 is 2.00 bits per heavy atom. The largest absolute Gasteiger partial charge is 0.424 e. The molecule has 6 heavy (non-hydrogen) atoms. The van der Waals surface area contributed by atoms with Gasteiger partial charge in [0.25, 0.3) is 20.0 Å². The molecule has 0 aliphatic carbocycles. The zero-order valence-corrected chi connectivity index (χ0v) is 6.17. The van der Waals surface area contributed by atoms with Crippen LogP contribution in [0.25, 0.3) is 0 Å². The molecule has 1 aliphatic heterocycles. The van der Waals surface area contributed by atoms with Gasteiger partial charge in [0.2, 0.25) is 0 Å². The van der Waals surface area contributed by atoms with E-state index in [-0.39, 0.29) is 0 Å². The van der Waals surface area contributed by atoms with E-state index in [0.29, 0.717) is 6.79 Å².